The van der Waals surface area contributed by atoms with Gasteiger partial charge in [0.25, 0.3) is 5.91 Å². The Balaban J connectivity index is 1.48. The first kappa shape index (κ1) is 19.7. The molecular formula is C21H22BrN3O4. The van der Waals surface area contributed by atoms with Gasteiger partial charge in [-0.05, 0) is 30.3 Å². The van der Waals surface area contributed by atoms with E-state index in [4.69, 9.17) is 9.47 Å². The van der Waals surface area contributed by atoms with Crippen LogP contribution < -0.4 is 15.0 Å². The number of nitrogens with zero attached hydrogens (tertiary/aromatic N) is 2. The van der Waals surface area contributed by atoms with Gasteiger partial charge in [0.1, 0.15) is 5.75 Å². The number of carbonyl (C=O) groups excluding carboxylic acids is 2. The van der Waals surface area contributed by atoms with Crippen LogP contribution in [0, 0.1) is 0 Å². The molecule has 2 amide bonds. The molecule has 0 spiro atoms. The van der Waals surface area contributed by atoms with E-state index in [9.17, 15) is 9.59 Å². The van der Waals surface area contributed by atoms with Gasteiger partial charge in [0.15, 0.2) is 6.10 Å². The van der Waals surface area contributed by atoms with Crippen LogP contribution in [0.4, 0.5) is 11.4 Å². The molecule has 0 aliphatic carbocycles. The van der Waals surface area contributed by atoms with E-state index >= 15 is 0 Å². The largest absolute Gasteiger partial charge is 0.477 e. The summed E-state index contributed by atoms with van der Waals surface area (Å²) in [4.78, 5) is 29.3. The average Bonchev–Trinajstić information content (AvgIpc) is 2.73. The Labute approximate surface area is 177 Å². The second-order valence-corrected chi connectivity index (χ2v) is 7.87. The monoisotopic (exact) mass is 459 g/mol. The number of morpholine rings is 1. The van der Waals surface area contributed by atoms with Crippen molar-refractivity contribution in [3.63, 3.8) is 0 Å². The van der Waals surface area contributed by atoms with E-state index in [2.05, 4.69) is 21.2 Å². The molecule has 2 heterocycles. The summed E-state index contributed by atoms with van der Waals surface area (Å²) in [5.41, 5.74) is 1.52. The predicted molar refractivity (Wildman–Crippen MR) is 113 cm³/mol. The van der Waals surface area contributed by atoms with Crippen molar-refractivity contribution < 1.29 is 19.1 Å². The standard InChI is InChI=1S/C21H22BrN3O4/c22-15-4-3-5-16(12-15)23-20(26)14-25-13-19(21(27)24-8-10-28-11-9-24)29-18-7-2-1-6-17(18)25/h1-7,12,19H,8-11,13-14H2,(H,23,26)/t19-/m0/s1. The molecule has 29 heavy (non-hydrogen) atoms. The Hall–Kier alpha value is -2.58. The Kier molecular flexibility index (Phi) is 6.01. The molecule has 7 nitrogen and oxygen atoms in total. The number of halogens is 1. The number of para-hydroxylation sites is 2. The topological polar surface area (TPSA) is 71.1 Å². The molecule has 8 heteroatoms. The fourth-order valence-electron chi connectivity index (χ4n) is 3.51. The number of carbonyl (C=O) groups is 2. The Morgan fingerprint density at radius 2 is 1.90 bits per heavy atom. The number of hydrogen-bond acceptors (Lipinski definition) is 5. The highest BCUT2D eigenvalue weighted by Gasteiger charge is 2.34. The van der Waals surface area contributed by atoms with Gasteiger partial charge in [-0.1, -0.05) is 34.1 Å². The highest BCUT2D eigenvalue weighted by atomic mass is 79.9. The van der Waals surface area contributed by atoms with E-state index in [0.717, 1.165) is 10.2 Å². The third kappa shape index (κ3) is 4.71. The average molecular weight is 460 g/mol. The number of nitrogens with one attached hydrogen (secondary N) is 1. The molecule has 4 rings (SSSR count). The lowest BCUT2D eigenvalue weighted by Gasteiger charge is -2.38. The number of benzene rings is 2. The van der Waals surface area contributed by atoms with Crippen molar-refractivity contribution in [1.29, 1.82) is 0 Å². The van der Waals surface area contributed by atoms with E-state index in [1.165, 1.54) is 0 Å². The van der Waals surface area contributed by atoms with Gasteiger partial charge in [-0.2, -0.15) is 0 Å². The van der Waals surface area contributed by atoms with Crippen molar-refractivity contribution in [2.45, 2.75) is 6.10 Å². The highest BCUT2D eigenvalue weighted by molar-refractivity contribution is 9.10. The lowest BCUT2D eigenvalue weighted by atomic mass is 10.1. The number of fused-ring (bicyclic) bond motifs is 1. The summed E-state index contributed by atoms with van der Waals surface area (Å²) in [7, 11) is 0. The van der Waals surface area contributed by atoms with Gasteiger partial charge in [0, 0.05) is 23.2 Å². The molecule has 2 aliphatic rings. The van der Waals surface area contributed by atoms with Gasteiger partial charge in [-0.25, -0.2) is 0 Å². The van der Waals surface area contributed by atoms with Crippen molar-refractivity contribution >= 4 is 39.1 Å². The van der Waals surface area contributed by atoms with E-state index in [0.29, 0.717) is 44.3 Å². The van der Waals surface area contributed by atoms with Gasteiger partial charge in [0.05, 0.1) is 32.0 Å². The lowest BCUT2D eigenvalue weighted by Crippen LogP contribution is -2.53. The molecule has 2 aromatic carbocycles. The van der Waals surface area contributed by atoms with Crippen molar-refractivity contribution in [2.24, 2.45) is 0 Å². The van der Waals surface area contributed by atoms with Crippen LogP contribution in [-0.4, -0.2) is 62.2 Å². The number of amides is 2. The third-order valence-corrected chi connectivity index (χ3v) is 5.40. The summed E-state index contributed by atoms with van der Waals surface area (Å²) < 4.78 is 12.2. The van der Waals surface area contributed by atoms with Gasteiger partial charge in [-0.15, -0.1) is 0 Å². The van der Waals surface area contributed by atoms with Crippen LogP contribution in [0.25, 0.3) is 0 Å². The predicted octanol–water partition coefficient (Wildman–Crippen LogP) is 2.51. The van der Waals surface area contributed by atoms with E-state index < -0.39 is 6.10 Å². The van der Waals surface area contributed by atoms with Gasteiger partial charge in [-0.3, -0.25) is 9.59 Å². The summed E-state index contributed by atoms with van der Waals surface area (Å²) in [6.07, 6.45) is -0.651. The van der Waals surface area contributed by atoms with Crippen molar-refractivity contribution in [3.05, 3.63) is 53.0 Å². The fraction of sp³-hybridized carbons (Fsp3) is 0.333. The number of anilines is 2. The molecule has 2 aromatic rings. The van der Waals surface area contributed by atoms with E-state index in [-0.39, 0.29) is 18.4 Å². The zero-order valence-corrected chi connectivity index (χ0v) is 17.4. The van der Waals surface area contributed by atoms with Gasteiger partial charge in [0.2, 0.25) is 5.91 Å². The molecule has 152 valence electrons. The molecule has 1 fully saturated rings. The molecule has 1 saturated heterocycles. The van der Waals surface area contributed by atoms with Crippen LogP contribution in [0.1, 0.15) is 0 Å². The molecule has 1 atom stereocenters. The van der Waals surface area contributed by atoms with Crippen molar-refractivity contribution in [2.75, 3.05) is 49.6 Å². The lowest BCUT2D eigenvalue weighted by molar-refractivity contribution is -0.142. The summed E-state index contributed by atoms with van der Waals surface area (Å²) in [5.74, 6) is 0.387. The maximum atomic E-state index is 12.9. The first-order valence-electron chi connectivity index (χ1n) is 9.53. The number of rotatable bonds is 4. The zero-order chi connectivity index (χ0) is 20.2. The van der Waals surface area contributed by atoms with Crippen LogP contribution in [0.2, 0.25) is 0 Å². The normalized spacial score (nSPS) is 18.6. The molecule has 2 aliphatic heterocycles. The molecule has 0 bridgehead atoms. The van der Waals surface area contributed by atoms with Crippen molar-refractivity contribution in [3.8, 4) is 5.75 Å². The summed E-state index contributed by atoms with van der Waals surface area (Å²) >= 11 is 3.40. The van der Waals surface area contributed by atoms with Gasteiger partial charge < -0.3 is 24.6 Å². The Morgan fingerprint density at radius 3 is 2.69 bits per heavy atom. The minimum absolute atomic E-state index is 0.0693. The minimum atomic E-state index is -0.651. The highest BCUT2D eigenvalue weighted by Crippen LogP contribution is 2.33. The van der Waals surface area contributed by atoms with E-state index in [1.54, 1.807) is 4.90 Å². The smallest absolute Gasteiger partial charge is 0.265 e. The third-order valence-electron chi connectivity index (χ3n) is 4.90. The fourth-order valence-corrected chi connectivity index (χ4v) is 3.91. The summed E-state index contributed by atoms with van der Waals surface area (Å²) in [6, 6.07) is 14.9. The minimum Gasteiger partial charge on any atom is -0.477 e. The first-order chi connectivity index (χ1) is 14.1. The molecule has 0 unspecified atom stereocenters. The van der Waals surface area contributed by atoms with Crippen LogP contribution in [0.5, 0.6) is 5.75 Å². The SMILES string of the molecule is O=C(CN1C[C@@H](C(=O)N2CCOCC2)Oc2ccccc21)Nc1cccc(Br)c1. The molecular weight excluding hydrogens is 438 g/mol. The molecule has 0 aromatic heterocycles. The second-order valence-electron chi connectivity index (χ2n) is 6.95. The summed E-state index contributed by atoms with van der Waals surface area (Å²) in [5, 5.41) is 2.90. The quantitative estimate of drug-likeness (QED) is 0.760. The van der Waals surface area contributed by atoms with Gasteiger partial charge >= 0.3 is 0 Å². The summed E-state index contributed by atoms with van der Waals surface area (Å²) in [6.45, 7) is 2.63. The van der Waals surface area contributed by atoms with Crippen LogP contribution in [-0.2, 0) is 14.3 Å². The first-order valence-corrected chi connectivity index (χ1v) is 10.3. The zero-order valence-electron chi connectivity index (χ0n) is 15.8. The Morgan fingerprint density at radius 1 is 1.10 bits per heavy atom. The van der Waals surface area contributed by atoms with Crippen LogP contribution in [0.3, 0.4) is 0 Å². The maximum Gasteiger partial charge on any atom is 0.265 e. The Bertz CT molecular complexity index is 901. The molecule has 0 saturated carbocycles. The maximum absolute atomic E-state index is 12.9. The second kappa shape index (κ2) is 8.84. The van der Waals surface area contributed by atoms with Crippen molar-refractivity contribution in [1.82, 2.24) is 4.90 Å². The number of ether oxygens (including phenoxy) is 2. The number of hydrogen-bond donors (Lipinski definition) is 1. The van der Waals surface area contributed by atoms with Crippen LogP contribution in [0.15, 0.2) is 53.0 Å². The van der Waals surface area contributed by atoms with E-state index in [1.807, 2.05) is 53.4 Å². The molecule has 0 radical (unpaired) electrons. The van der Waals surface area contributed by atoms with Crippen LogP contribution >= 0.6 is 15.9 Å². The molecule has 1 N–H and O–H groups in total.